The van der Waals surface area contributed by atoms with Crippen LogP contribution in [0.2, 0.25) is 0 Å². The zero-order chi connectivity index (χ0) is 15.9. The summed E-state index contributed by atoms with van der Waals surface area (Å²) in [4.78, 5) is 0. The van der Waals surface area contributed by atoms with Crippen LogP contribution in [-0.4, -0.2) is 30.0 Å². The fourth-order valence-electron chi connectivity index (χ4n) is 0.853. The molecular formula is C8H8F10O. The molecule has 0 heterocycles. The van der Waals surface area contributed by atoms with Crippen LogP contribution in [0.15, 0.2) is 0 Å². The Balaban J connectivity index is 5.48. The van der Waals surface area contributed by atoms with E-state index < -0.39 is 43.3 Å². The van der Waals surface area contributed by atoms with Gasteiger partial charge in [-0.1, -0.05) is 6.92 Å². The van der Waals surface area contributed by atoms with E-state index in [-0.39, 0.29) is 0 Å². The van der Waals surface area contributed by atoms with Gasteiger partial charge < -0.3 is 0 Å². The minimum atomic E-state index is -6.36. The van der Waals surface area contributed by atoms with Crippen LogP contribution >= 0.6 is 0 Å². The number of hydrogen-bond acceptors (Lipinski definition) is 1. The second-order valence-corrected chi connectivity index (χ2v) is 3.66. The average molecular weight is 310 g/mol. The summed E-state index contributed by atoms with van der Waals surface area (Å²) in [5, 5.41) is 0. The van der Waals surface area contributed by atoms with Crippen LogP contribution in [0.5, 0.6) is 0 Å². The van der Waals surface area contributed by atoms with Crippen molar-refractivity contribution in [1.29, 1.82) is 0 Å². The molecule has 0 aromatic heterocycles. The highest BCUT2D eigenvalue weighted by Gasteiger charge is 2.75. The number of hydrogen-bond donors (Lipinski definition) is 0. The van der Waals surface area contributed by atoms with E-state index in [0.717, 1.165) is 0 Å². The minimum Gasteiger partial charge on any atom is -0.269 e. The topological polar surface area (TPSA) is 9.23 Å². The van der Waals surface area contributed by atoms with Crippen LogP contribution in [0.3, 0.4) is 0 Å². The molecule has 1 nitrogen and oxygen atoms in total. The predicted octanol–water partition coefficient (Wildman–Crippen LogP) is 4.52. The maximum absolute atomic E-state index is 13.0. The Kier molecular flexibility index (Phi) is 4.49. The molecule has 0 bridgehead atoms. The Morgan fingerprint density at radius 3 is 1.37 bits per heavy atom. The van der Waals surface area contributed by atoms with Gasteiger partial charge in [-0.2, -0.15) is 39.5 Å². The molecule has 1 atom stereocenters. The van der Waals surface area contributed by atoms with E-state index >= 15 is 0 Å². The van der Waals surface area contributed by atoms with Gasteiger partial charge in [0.25, 0.3) is 0 Å². The molecule has 11 heteroatoms. The van der Waals surface area contributed by atoms with E-state index in [1.165, 1.54) is 0 Å². The summed E-state index contributed by atoms with van der Waals surface area (Å²) >= 11 is 0. The monoisotopic (exact) mass is 310 g/mol. The highest BCUT2D eigenvalue weighted by molar-refractivity contribution is 4.91. The number of rotatable bonds is 5. The molecule has 0 spiro atoms. The first-order valence-corrected chi connectivity index (χ1v) is 4.61. The zero-order valence-electron chi connectivity index (χ0n) is 9.39. The zero-order valence-corrected chi connectivity index (χ0v) is 9.39. The van der Waals surface area contributed by atoms with E-state index in [1.807, 2.05) is 0 Å². The van der Waals surface area contributed by atoms with E-state index in [0.29, 0.717) is 6.92 Å². The Bertz CT molecular complexity index is 316. The summed E-state index contributed by atoms with van der Waals surface area (Å²) < 4.78 is 127. The van der Waals surface area contributed by atoms with Crippen molar-refractivity contribution < 1.29 is 48.6 Å². The second-order valence-electron chi connectivity index (χ2n) is 3.66. The maximum Gasteiger partial charge on any atom is 0.448 e. The Morgan fingerprint density at radius 2 is 1.16 bits per heavy atom. The smallest absolute Gasteiger partial charge is 0.269 e. The van der Waals surface area contributed by atoms with Crippen molar-refractivity contribution in [3.05, 3.63) is 0 Å². The molecular weight excluding hydrogens is 302 g/mol. The van der Waals surface area contributed by atoms with Gasteiger partial charge in [-0.25, -0.2) is 4.39 Å². The Hall–Kier alpha value is -0.740. The van der Waals surface area contributed by atoms with Gasteiger partial charge in [0.2, 0.25) is 0 Å². The SMILES string of the molecule is CCC(F)(OC(F)(F)C(F)(F)C(C)(F)F)C(F)(F)F. The molecule has 0 fully saturated rings. The summed E-state index contributed by atoms with van der Waals surface area (Å²) in [5.41, 5.74) is 0. The molecule has 0 rings (SSSR count). The van der Waals surface area contributed by atoms with Gasteiger partial charge in [0, 0.05) is 13.3 Å². The van der Waals surface area contributed by atoms with Gasteiger partial charge in [0.1, 0.15) is 0 Å². The lowest BCUT2D eigenvalue weighted by Gasteiger charge is -2.35. The van der Waals surface area contributed by atoms with Crippen LogP contribution in [0.25, 0.3) is 0 Å². The van der Waals surface area contributed by atoms with Crippen molar-refractivity contribution in [2.24, 2.45) is 0 Å². The summed E-state index contributed by atoms with van der Waals surface area (Å²) in [6, 6.07) is 0. The third kappa shape index (κ3) is 3.23. The molecule has 0 aliphatic carbocycles. The van der Waals surface area contributed by atoms with Crippen molar-refractivity contribution in [2.75, 3.05) is 0 Å². The van der Waals surface area contributed by atoms with Gasteiger partial charge in [-0.15, -0.1) is 0 Å². The minimum absolute atomic E-state index is 0.367. The third-order valence-electron chi connectivity index (χ3n) is 2.08. The van der Waals surface area contributed by atoms with Crippen molar-refractivity contribution in [3.63, 3.8) is 0 Å². The normalized spacial score (nSPS) is 18.3. The molecule has 1 unspecified atom stereocenters. The molecule has 0 aliphatic rings. The maximum atomic E-state index is 13.0. The van der Waals surface area contributed by atoms with Crippen LogP contribution < -0.4 is 0 Å². The standard InChI is InChI=1S/C8H8F10O/c1-3-5(11,7(14,15)16)19-8(17,18)6(12,13)4(2,9)10/h3H2,1-2H3. The van der Waals surface area contributed by atoms with Crippen molar-refractivity contribution in [3.8, 4) is 0 Å². The average Bonchev–Trinajstić information content (AvgIpc) is 2.12. The van der Waals surface area contributed by atoms with Gasteiger partial charge in [-0.3, -0.25) is 4.74 Å². The molecule has 0 aliphatic heterocycles. The molecule has 0 N–H and O–H groups in total. The predicted molar refractivity (Wildman–Crippen MR) is 41.8 cm³/mol. The molecule has 0 saturated heterocycles. The fourth-order valence-corrected chi connectivity index (χ4v) is 0.853. The largest absolute Gasteiger partial charge is 0.448 e. The van der Waals surface area contributed by atoms with Crippen LogP contribution in [0.4, 0.5) is 43.9 Å². The highest BCUT2D eigenvalue weighted by Crippen LogP contribution is 2.50. The lowest BCUT2D eigenvalue weighted by Crippen LogP contribution is -2.59. The van der Waals surface area contributed by atoms with E-state index in [4.69, 9.17) is 0 Å². The van der Waals surface area contributed by atoms with E-state index in [2.05, 4.69) is 4.74 Å². The number of halogens is 10. The molecule has 0 aromatic rings. The summed E-state index contributed by atoms with van der Waals surface area (Å²) in [7, 11) is 0. The van der Waals surface area contributed by atoms with E-state index in [1.54, 1.807) is 0 Å². The lowest BCUT2D eigenvalue weighted by atomic mass is 10.1. The highest BCUT2D eigenvalue weighted by atomic mass is 19.4. The van der Waals surface area contributed by atoms with Crippen LogP contribution in [0, 0.1) is 0 Å². The molecule has 0 saturated carbocycles. The first-order chi connectivity index (χ1) is 8.02. The fraction of sp³-hybridized carbons (Fsp3) is 1.00. The second kappa shape index (κ2) is 4.67. The van der Waals surface area contributed by atoms with Gasteiger partial charge in [0.15, 0.2) is 0 Å². The molecule has 0 aromatic carbocycles. The molecule has 19 heavy (non-hydrogen) atoms. The van der Waals surface area contributed by atoms with Crippen molar-refractivity contribution >= 4 is 0 Å². The van der Waals surface area contributed by atoms with Crippen molar-refractivity contribution in [2.45, 2.75) is 50.3 Å². The van der Waals surface area contributed by atoms with Crippen LogP contribution in [-0.2, 0) is 4.74 Å². The Morgan fingerprint density at radius 1 is 0.789 bits per heavy atom. The molecule has 116 valence electrons. The summed E-state index contributed by atoms with van der Waals surface area (Å²) in [6.07, 6.45) is -14.3. The summed E-state index contributed by atoms with van der Waals surface area (Å²) in [6.45, 7) is -0.296. The first kappa shape index (κ1) is 18.3. The lowest BCUT2D eigenvalue weighted by molar-refractivity contribution is -0.470. The van der Waals surface area contributed by atoms with E-state index in [9.17, 15) is 43.9 Å². The molecule has 0 radical (unpaired) electrons. The number of ether oxygens (including phenoxy) is 1. The van der Waals surface area contributed by atoms with Crippen molar-refractivity contribution in [1.82, 2.24) is 0 Å². The van der Waals surface area contributed by atoms with Gasteiger partial charge in [0.05, 0.1) is 0 Å². The van der Waals surface area contributed by atoms with Crippen LogP contribution in [0.1, 0.15) is 20.3 Å². The van der Waals surface area contributed by atoms with Gasteiger partial charge in [-0.05, 0) is 0 Å². The first-order valence-electron chi connectivity index (χ1n) is 4.61. The Labute approximate surface area is 100 Å². The van der Waals surface area contributed by atoms with Gasteiger partial charge >= 0.3 is 30.0 Å². The quantitative estimate of drug-likeness (QED) is 0.678. The number of alkyl halides is 10. The third-order valence-corrected chi connectivity index (χ3v) is 2.08. The summed E-state index contributed by atoms with van der Waals surface area (Å²) in [5.74, 6) is -16.9. The molecule has 0 amide bonds.